The zero-order valence-corrected chi connectivity index (χ0v) is 27.6. The number of carbonyl (C=O) groups excluding carboxylic acids is 1. The molecule has 45 heavy (non-hydrogen) atoms. The molecule has 10 nitrogen and oxygen atoms in total. The molecule has 6 rings (SSSR count). The van der Waals surface area contributed by atoms with Gasteiger partial charge in [0, 0.05) is 30.1 Å². The lowest BCUT2D eigenvalue weighted by atomic mass is 9.81. The third-order valence-electron chi connectivity index (χ3n) is 8.78. The number of rotatable bonds is 7. The van der Waals surface area contributed by atoms with Gasteiger partial charge in [-0.2, -0.15) is 12.7 Å². The number of carbonyl (C=O) groups is 1. The molecule has 2 aromatic carbocycles. The Hall–Kier alpha value is -3.51. The normalized spacial score (nSPS) is 20.6. The van der Waals surface area contributed by atoms with E-state index in [1.807, 2.05) is 50.2 Å². The van der Waals surface area contributed by atoms with Crippen molar-refractivity contribution in [2.75, 3.05) is 19.7 Å². The second-order valence-electron chi connectivity index (χ2n) is 13.8. The standard InChI is InChI=1S/C34H42N4O6S/c1-20-11-12-28(42-19-22-16-33(3,4)44-34(5,6)17-22)29-25(32(39)37-45(40,41)38-14-13-23(35)18-38)15-26(36-30(20)29)31-21(2)24-9-7-8-10-27(24)43-31/h7-12,15,22-23H,13-14,16-19,35H2,1-6H3,(H,37,39). The smallest absolute Gasteiger partial charge is 0.304 e. The molecule has 11 heteroatoms. The van der Waals surface area contributed by atoms with Crippen LogP contribution >= 0.6 is 0 Å². The summed E-state index contributed by atoms with van der Waals surface area (Å²) in [5, 5.41) is 1.38. The molecule has 2 fully saturated rings. The number of fused-ring (bicyclic) bond motifs is 2. The number of pyridine rings is 1. The number of ether oxygens (including phenoxy) is 2. The van der Waals surface area contributed by atoms with Crippen LogP contribution in [0.3, 0.4) is 0 Å². The lowest BCUT2D eigenvalue weighted by molar-refractivity contribution is -0.175. The predicted octanol–water partition coefficient (Wildman–Crippen LogP) is 5.64. The van der Waals surface area contributed by atoms with Gasteiger partial charge in [0.2, 0.25) is 0 Å². The molecule has 2 saturated heterocycles. The molecule has 0 saturated carbocycles. The summed E-state index contributed by atoms with van der Waals surface area (Å²) in [6.07, 6.45) is 2.16. The Labute approximate surface area is 264 Å². The van der Waals surface area contributed by atoms with Crippen LogP contribution in [0.25, 0.3) is 33.3 Å². The number of aromatic nitrogens is 1. The van der Waals surface area contributed by atoms with E-state index in [4.69, 9.17) is 24.6 Å². The van der Waals surface area contributed by atoms with Crippen LogP contribution in [0.1, 0.15) is 68.4 Å². The van der Waals surface area contributed by atoms with Gasteiger partial charge >= 0.3 is 10.2 Å². The average Bonchev–Trinajstić information content (AvgIpc) is 3.54. The summed E-state index contributed by atoms with van der Waals surface area (Å²) in [6, 6.07) is 12.7. The minimum atomic E-state index is -4.14. The molecule has 1 unspecified atom stereocenters. The van der Waals surface area contributed by atoms with Gasteiger partial charge in [-0.1, -0.05) is 24.3 Å². The Morgan fingerprint density at radius 1 is 1.11 bits per heavy atom. The van der Waals surface area contributed by atoms with Crippen LogP contribution in [0, 0.1) is 19.8 Å². The first-order valence-electron chi connectivity index (χ1n) is 15.5. The van der Waals surface area contributed by atoms with Gasteiger partial charge in [-0.05, 0) is 90.5 Å². The Morgan fingerprint density at radius 2 is 1.82 bits per heavy atom. The fourth-order valence-corrected chi connectivity index (χ4v) is 8.31. The lowest BCUT2D eigenvalue weighted by Crippen LogP contribution is -2.46. The average molecular weight is 635 g/mol. The van der Waals surface area contributed by atoms with Crippen LogP contribution in [0.15, 0.2) is 46.9 Å². The number of hydrogen-bond donors (Lipinski definition) is 2. The Bertz CT molecular complexity index is 1880. The number of para-hydroxylation sites is 1. The van der Waals surface area contributed by atoms with Crippen LogP contribution < -0.4 is 15.2 Å². The summed E-state index contributed by atoms with van der Waals surface area (Å²) >= 11 is 0. The van der Waals surface area contributed by atoms with Crippen LogP contribution in [-0.4, -0.2) is 60.6 Å². The van der Waals surface area contributed by atoms with E-state index in [2.05, 4.69) is 32.4 Å². The van der Waals surface area contributed by atoms with E-state index in [-0.39, 0.29) is 41.8 Å². The first kappa shape index (κ1) is 31.5. The molecular weight excluding hydrogens is 592 g/mol. The molecule has 1 atom stereocenters. The van der Waals surface area contributed by atoms with Crippen molar-refractivity contribution >= 4 is 38.0 Å². The van der Waals surface area contributed by atoms with E-state index >= 15 is 0 Å². The Morgan fingerprint density at radius 3 is 2.49 bits per heavy atom. The third-order valence-corrected chi connectivity index (χ3v) is 10.2. The number of aryl methyl sites for hydroxylation is 2. The summed E-state index contributed by atoms with van der Waals surface area (Å²) < 4.78 is 49.1. The first-order chi connectivity index (χ1) is 21.1. The maximum atomic E-state index is 14.0. The minimum Gasteiger partial charge on any atom is -0.493 e. The highest BCUT2D eigenvalue weighted by Gasteiger charge is 2.39. The van der Waals surface area contributed by atoms with Gasteiger partial charge in [-0.3, -0.25) is 4.79 Å². The van der Waals surface area contributed by atoms with Gasteiger partial charge in [0.1, 0.15) is 17.0 Å². The molecular formula is C34H42N4O6S. The molecule has 1 amide bonds. The molecule has 2 aliphatic rings. The molecule has 0 bridgehead atoms. The Balaban J connectivity index is 1.45. The van der Waals surface area contributed by atoms with Crippen molar-refractivity contribution in [1.82, 2.24) is 14.0 Å². The number of benzene rings is 2. The second-order valence-corrected chi connectivity index (χ2v) is 15.4. The van der Waals surface area contributed by atoms with Crippen molar-refractivity contribution in [3.63, 3.8) is 0 Å². The zero-order valence-electron chi connectivity index (χ0n) is 26.8. The van der Waals surface area contributed by atoms with E-state index < -0.39 is 16.1 Å². The number of nitrogens with one attached hydrogen (secondary N) is 1. The Kier molecular flexibility index (Phi) is 7.96. The number of hydrogen-bond acceptors (Lipinski definition) is 8. The molecule has 240 valence electrons. The number of amides is 1. The van der Waals surface area contributed by atoms with E-state index in [0.29, 0.717) is 46.7 Å². The molecule has 2 aliphatic heterocycles. The maximum Gasteiger partial charge on any atom is 0.304 e. The van der Waals surface area contributed by atoms with Gasteiger partial charge < -0.3 is 19.6 Å². The van der Waals surface area contributed by atoms with Gasteiger partial charge in [-0.25, -0.2) is 9.71 Å². The monoisotopic (exact) mass is 634 g/mol. The van der Waals surface area contributed by atoms with Crippen molar-refractivity contribution in [2.24, 2.45) is 11.7 Å². The highest BCUT2D eigenvalue weighted by molar-refractivity contribution is 7.87. The molecule has 4 aromatic rings. The third kappa shape index (κ3) is 6.31. The highest BCUT2D eigenvalue weighted by atomic mass is 32.2. The van der Waals surface area contributed by atoms with Gasteiger partial charge in [-0.15, -0.1) is 0 Å². The van der Waals surface area contributed by atoms with Crippen LogP contribution in [0.5, 0.6) is 5.75 Å². The fraction of sp³-hybridized carbons (Fsp3) is 0.471. The summed E-state index contributed by atoms with van der Waals surface area (Å²) in [5.41, 5.74) is 8.83. The van der Waals surface area contributed by atoms with E-state index in [1.54, 1.807) is 6.07 Å². The maximum absolute atomic E-state index is 14.0. The molecule has 0 spiro atoms. The minimum absolute atomic E-state index is 0.133. The summed E-state index contributed by atoms with van der Waals surface area (Å²) in [7, 11) is -4.14. The van der Waals surface area contributed by atoms with E-state index in [1.165, 1.54) is 4.31 Å². The number of furan rings is 1. The van der Waals surface area contributed by atoms with Crippen molar-refractivity contribution in [1.29, 1.82) is 0 Å². The molecule has 2 aromatic heterocycles. The molecule has 0 radical (unpaired) electrons. The van der Waals surface area contributed by atoms with Crippen molar-refractivity contribution < 1.29 is 27.1 Å². The zero-order chi connectivity index (χ0) is 32.3. The van der Waals surface area contributed by atoms with Gasteiger partial charge in [0.05, 0.1) is 34.3 Å². The summed E-state index contributed by atoms with van der Waals surface area (Å²) in [4.78, 5) is 19.0. The number of nitrogens with two attached hydrogens (primary N) is 1. The summed E-state index contributed by atoms with van der Waals surface area (Å²) in [6.45, 7) is 13.0. The van der Waals surface area contributed by atoms with Crippen LogP contribution in [0.4, 0.5) is 0 Å². The molecule has 4 heterocycles. The molecule has 0 aliphatic carbocycles. The van der Waals surface area contributed by atoms with Crippen molar-refractivity contribution in [2.45, 2.75) is 78.0 Å². The lowest BCUT2D eigenvalue weighted by Gasteiger charge is -2.45. The second kappa shape index (κ2) is 11.4. The predicted molar refractivity (Wildman–Crippen MR) is 174 cm³/mol. The van der Waals surface area contributed by atoms with Crippen LogP contribution in [0.2, 0.25) is 0 Å². The van der Waals surface area contributed by atoms with Gasteiger partial charge in [0.25, 0.3) is 5.91 Å². The fourth-order valence-electron chi connectivity index (χ4n) is 7.11. The quantitative estimate of drug-likeness (QED) is 0.267. The number of nitrogens with zero attached hydrogens (tertiary/aromatic N) is 2. The topological polar surface area (TPSA) is 137 Å². The van der Waals surface area contributed by atoms with Crippen molar-refractivity contribution in [3.8, 4) is 17.2 Å². The summed E-state index contributed by atoms with van der Waals surface area (Å²) in [5.74, 6) is 0.408. The SMILES string of the molecule is Cc1c(-c2cc(C(=O)NS(=O)(=O)N3CCC(N)C3)c3c(OCC4CC(C)(C)OC(C)(C)C4)ccc(C)c3n2)oc2ccccc12. The van der Waals surface area contributed by atoms with E-state index in [9.17, 15) is 13.2 Å². The van der Waals surface area contributed by atoms with Crippen LogP contribution in [-0.2, 0) is 14.9 Å². The van der Waals surface area contributed by atoms with Gasteiger partial charge in [0.15, 0.2) is 5.76 Å². The highest BCUT2D eigenvalue weighted by Crippen LogP contribution is 2.40. The first-order valence-corrected chi connectivity index (χ1v) is 16.9. The van der Waals surface area contributed by atoms with E-state index in [0.717, 1.165) is 29.4 Å². The molecule has 3 N–H and O–H groups in total. The largest absolute Gasteiger partial charge is 0.493 e. The van der Waals surface area contributed by atoms with Crippen molar-refractivity contribution in [3.05, 3.63) is 59.2 Å².